The number of likely N-dealkylation sites (N-methyl/N-ethyl adjacent to an activating group) is 1. The number of nitrogens with two attached hydrogens (primary N) is 1. The van der Waals surface area contributed by atoms with Crippen LogP contribution in [-0.2, 0) is 9.59 Å². The van der Waals surface area contributed by atoms with Crippen molar-refractivity contribution in [1.29, 1.82) is 0 Å². The first-order chi connectivity index (χ1) is 9.02. The van der Waals surface area contributed by atoms with E-state index in [-0.39, 0.29) is 24.4 Å². The molecule has 0 radical (unpaired) electrons. The van der Waals surface area contributed by atoms with Crippen LogP contribution in [-0.4, -0.2) is 31.2 Å². The predicted molar refractivity (Wildman–Crippen MR) is 76.2 cm³/mol. The lowest BCUT2D eigenvalue weighted by Crippen LogP contribution is -2.42. The second kappa shape index (κ2) is 5.63. The number of hydrogen-bond acceptors (Lipinski definition) is 4. The molecule has 1 aliphatic rings. The molecule has 2 rings (SSSR count). The van der Waals surface area contributed by atoms with Crippen LogP contribution in [0.15, 0.2) is 23.1 Å². The highest BCUT2D eigenvalue weighted by Crippen LogP contribution is 2.36. The Morgan fingerprint density at radius 1 is 1.58 bits per heavy atom. The number of nitrogens with zero attached hydrogens (tertiary/aromatic N) is 1. The maximum Gasteiger partial charge on any atom is 0.239 e. The number of nitrogens with one attached hydrogen (secondary N) is 1. The summed E-state index contributed by atoms with van der Waals surface area (Å²) in [7, 11) is 1.56. The van der Waals surface area contributed by atoms with E-state index in [0.717, 1.165) is 16.1 Å². The van der Waals surface area contributed by atoms with Crippen LogP contribution < -0.4 is 16.0 Å². The smallest absolute Gasteiger partial charge is 0.239 e. The SMILES string of the molecule is CNC(=O)CN1C(=O)CSc2cc(C(C)N)ccc21. The molecule has 1 atom stereocenters. The van der Waals surface area contributed by atoms with Gasteiger partial charge in [-0.25, -0.2) is 0 Å². The zero-order valence-electron chi connectivity index (χ0n) is 11.0. The molecule has 19 heavy (non-hydrogen) atoms. The lowest BCUT2D eigenvalue weighted by atomic mass is 10.1. The molecule has 6 heteroatoms. The average Bonchev–Trinajstić information content (AvgIpc) is 2.41. The fourth-order valence-corrected chi connectivity index (χ4v) is 2.88. The van der Waals surface area contributed by atoms with Crippen LogP contribution in [0.25, 0.3) is 0 Å². The summed E-state index contributed by atoms with van der Waals surface area (Å²) in [5.74, 6) is 0.129. The molecule has 1 aromatic carbocycles. The molecule has 0 aromatic heterocycles. The molecule has 1 unspecified atom stereocenters. The summed E-state index contributed by atoms with van der Waals surface area (Å²) in [5, 5.41) is 2.53. The number of fused-ring (bicyclic) bond motifs is 1. The van der Waals surface area contributed by atoms with Crippen LogP contribution in [0, 0.1) is 0 Å². The zero-order valence-corrected chi connectivity index (χ0v) is 11.8. The number of thioether (sulfide) groups is 1. The van der Waals surface area contributed by atoms with E-state index >= 15 is 0 Å². The molecule has 1 heterocycles. The highest BCUT2D eigenvalue weighted by Gasteiger charge is 2.26. The Hall–Kier alpha value is -1.53. The molecule has 0 aliphatic carbocycles. The number of amides is 2. The molecule has 102 valence electrons. The maximum atomic E-state index is 11.9. The number of rotatable bonds is 3. The van der Waals surface area contributed by atoms with Crippen LogP contribution in [0.3, 0.4) is 0 Å². The molecule has 2 amide bonds. The summed E-state index contributed by atoms with van der Waals surface area (Å²) in [6.45, 7) is 1.98. The molecule has 5 nitrogen and oxygen atoms in total. The van der Waals surface area contributed by atoms with E-state index in [1.54, 1.807) is 7.05 Å². The van der Waals surface area contributed by atoms with Crippen molar-refractivity contribution >= 4 is 29.3 Å². The van der Waals surface area contributed by atoms with Gasteiger partial charge in [0, 0.05) is 18.0 Å². The Morgan fingerprint density at radius 3 is 2.95 bits per heavy atom. The van der Waals surface area contributed by atoms with Gasteiger partial charge >= 0.3 is 0 Å². The monoisotopic (exact) mass is 279 g/mol. The quantitative estimate of drug-likeness (QED) is 0.861. The van der Waals surface area contributed by atoms with Gasteiger partial charge in [0.15, 0.2) is 0 Å². The average molecular weight is 279 g/mol. The fraction of sp³-hybridized carbons (Fsp3) is 0.385. The summed E-state index contributed by atoms with van der Waals surface area (Å²) >= 11 is 1.49. The van der Waals surface area contributed by atoms with Crippen LogP contribution in [0.5, 0.6) is 0 Å². The van der Waals surface area contributed by atoms with E-state index in [1.807, 2.05) is 25.1 Å². The van der Waals surface area contributed by atoms with E-state index in [9.17, 15) is 9.59 Å². The molecular formula is C13H17N3O2S. The van der Waals surface area contributed by atoms with Gasteiger partial charge in [-0.05, 0) is 24.6 Å². The van der Waals surface area contributed by atoms with Gasteiger partial charge in [0.1, 0.15) is 6.54 Å². The fourth-order valence-electron chi connectivity index (χ4n) is 1.90. The van der Waals surface area contributed by atoms with Crippen molar-refractivity contribution < 1.29 is 9.59 Å². The molecule has 0 saturated heterocycles. The Balaban J connectivity index is 2.33. The summed E-state index contributed by atoms with van der Waals surface area (Å²) in [5.41, 5.74) is 7.67. The zero-order chi connectivity index (χ0) is 14.0. The van der Waals surface area contributed by atoms with Gasteiger partial charge in [0.25, 0.3) is 0 Å². The van der Waals surface area contributed by atoms with Crippen LogP contribution >= 0.6 is 11.8 Å². The highest BCUT2D eigenvalue weighted by atomic mass is 32.2. The summed E-state index contributed by atoms with van der Waals surface area (Å²) < 4.78 is 0. The van der Waals surface area contributed by atoms with E-state index < -0.39 is 0 Å². The first kappa shape index (κ1) is 13.9. The molecule has 0 fully saturated rings. The van der Waals surface area contributed by atoms with Crippen molar-refractivity contribution in [3.63, 3.8) is 0 Å². The van der Waals surface area contributed by atoms with Crippen molar-refractivity contribution in [3.05, 3.63) is 23.8 Å². The molecule has 0 saturated carbocycles. The Morgan fingerprint density at radius 2 is 2.32 bits per heavy atom. The Kier molecular flexibility index (Phi) is 4.11. The van der Waals surface area contributed by atoms with Gasteiger partial charge in [-0.15, -0.1) is 11.8 Å². The number of carbonyl (C=O) groups excluding carboxylic acids is 2. The third-order valence-electron chi connectivity index (χ3n) is 3.03. The topological polar surface area (TPSA) is 75.4 Å². The van der Waals surface area contributed by atoms with Gasteiger partial charge in [-0.3, -0.25) is 9.59 Å². The molecule has 0 bridgehead atoms. The van der Waals surface area contributed by atoms with E-state index in [0.29, 0.717) is 5.75 Å². The van der Waals surface area contributed by atoms with Gasteiger partial charge < -0.3 is 16.0 Å². The second-order valence-electron chi connectivity index (χ2n) is 4.46. The molecule has 1 aliphatic heterocycles. The summed E-state index contributed by atoms with van der Waals surface area (Å²) in [6.07, 6.45) is 0. The number of benzene rings is 1. The van der Waals surface area contributed by atoms with Gasteiger partial charge in [0.05, 0.1) is 11.4 Å². The largest absolute Gasteiger partial charge is 0.358 e. The van der Waals surface area contributed by atoms with Crippen molar-refractivity contribution in [2.75, 3.05) is 24.2 Å². The maximum absolute atomic E-state index is 11.9. The normalized spacial score (nSPS) is 15.9. The standard InChI is InChI=1S/C13H17N3O2S/c1-8(14)9-3-4-10-11(5-9)19-7-13(18)16(10)6-12(17)15-2/h3-5,8H,6-7,14H2,1-2H3,(H,15,17). The lowest BCUT2D eigenvalue weighted by molar-refractivity contribution is -0.122. The first-order valence-corrected chi connectivity index (χ1v) is 7.04. The third-order valence-corrected chi connectivity index (χ3v) is 4.06. The van der Waals surface area contributed by atoms with Crippen LogP contribution in [0.4, 0.5) is 5.69 Å². The lowest BCUT2D eigenvalue weighted by Gasteiger charge is -2.29. The third kappa shape index (κ3) is 2.90. The van der Waals surface area contributed by atoms with E-state index in [4.69, 9.17) is 5.73 Å². The van der Waals surface area contributed by atoms with E-state index in [1.165, 1.54) is 16.7 Å². The van der Waals surface area contributed by atoms with Gasteiger partial charge in [-0.1, -0.05) is 6.07 Å². The highest BCUT2D eigenvalue weighted by molar-refractivity contribution is 8.00. The molecule has 3 N–H and O–H groups in total. The predicted octanol–water partition coefficient (Wildman–Crippen LogP) is 0.891. The van der Waals surface area contributed by atoms with Gasteiger partial charge in [-0.2, -0.15) is 0 Å². The number of anilines is 1. The van der Waals surface area contributed by atoms with E-state index in [2.05, 4.69) is 5.32 Å². The number of carbonyl (C=O) groups is 2. The minimum atomic E-state index is -0.178. The molecule has 0 spiro atoms. The van der Waals surface area contributed by atoms with Crippen LogP contribution in [0.1, 0.15) is 18.5 Å². The van der Waals surface area contributed by atoms with Crippen molar-refractivity contribution in [3.8, 4) is 0 Å². The minimum Gasteiger partial charge on any atom is -0.358 e. The van der Waals surface area contributed by atoms with Crippen molar-refractivity contribution in [1.82, 2.24) is 5.32 Å². The van der Waals surface area contributed by atoms with Gasteiger partial charge in [0.2, 0.25) is 11.8 Å². The van der Waals surface area contributed by atoms with Crippen LogP contribution in [0.2, 0.25) is 0 Å². The Labute approximate surface area is 116 Å². The minimum absolute atomic E-state index is 0.0454. The van der Waals surface area contributed by atoms with Crippen molar-refractivity contribution in [2.45, 2.75) is 17.9 Å². The first-order valence-electron chi connectivity index (χ1n) is 6.06. The number of hydrogen-bond donors (Lipinski definition) is 2. The second-order valence-corrected chi connectivity index (χ2v) is 5.47. The molecular weight excluding hydrogens is 262 g/mol. The molecule has 1 aromatic rings. The summed E-state index contributed by atoms with van der Waals surface area (Å²) in [4.78, 5) is 25.9. The summed E-state index contributed by atoms with van der Waals surface area (Å²) in [6, 6.07) is 5.71. The Bertz CT molecular complexity index is 517. The van der Waals surface area contributed by atoms with Crippen molar-refractivity contribution in [2.24, 2.45) is 5.73 Å².